The second-order valence-electron chi connectivity index (χ2n) is 6.40. The highest BCUT2D eigenvalue weighted by atomic mass is 16.3. The number of hydrogen-bond acceptors (Lipinski definition) is 3. The van der Waals surface area contributed by atoms with Gasteiger partial charge in [-0.2, -0.15) is 5.10 Å². The molecular weight excluding hydrogens is 254 g/mol. The number of rotatable bonds is 3. The van der Waals surface area contributed by atoms with Gasteiger partial charge in [-0.1, -0.05) is 12.2 Å². The lowest BCUT2D eigenvalue weighted by Crippen LogP contribution is -2.33. The Balaban J connectivity index is 2.06. The molecule has 1 heterocycles. The van der Waals surface area contributed by atoms with Gasteiger partial charge in [0, 0.05) is 24.3 Å². The standard InChI is InChI=1S/C15H23N3O2/c1-10-7-13(17-18(10)15(2,3)4)14(20)16-12-6-5-11(8-12)9-19/h5-7,11-12,19H,8-9H2,1-4H3,(H,16,20)/t11-,12+/m0/s1. The van der Waals surface area contributed by atoms with Crippen LogP contribution in [-0.4, -0.2) is 33.4 Å². The Morgan fingerprint density at radius 3 is 2.70 bits per heavy atom. The molecule has 2 atom stereocenters. The smallest absolute Gasteiger partial charge is 0.272 e. The summed E-state index contributed by atoms with van der Waals surface area (Å²) in [4.78, 5) is 12.2. The Labute approximate surface area is 119 Å². The third-order valence-corrected chi connectivity index (χ3v) is 3.48. The van der Waals surface area contributed by atoms with E-state index in [0.717, 1.165) is 12.1 Å². The maximum Gasteiger partial charge on any atom is 0.272 e. The van der Waals surface area contributed by atoms with Crippen molar-refractivity contribution in [2.75, 3.05) is 6.61 Å². The summed E-state index contributed by atoms with van der Waals surface area (Å²) in [6.45, 7) is 8.24. The Kier molecular flexibility index (Phi) is 3.99. The van der Waals surface area contributed by atoms with E-state index in [0.29, 0.717) is 5.69 Å². The van der Waals surface area contributed by atoms with E-state index in [2.05, 4.69) is 31.2 Å². The van der Waals surface area contributed by atoms with Gasteiger partial charge in [0.1, 0.15) is 5.69 Å². The molecule has 5 nitrogen and oxygen atoms in total. The molecule has 1 aromatic rings. The molecule has 0 aromatic carbocycles. The zero-order valence-corrected chi connectivity index (χ0v) is 12.6. The number of carbonyl (C=O) groups excluding carboxylic acids is 1. The molecule has 0 radical (unpaired) electrons. The lowest BCUT2D eigenvalue weighted by molar-refractivity contribution is 0.0934. The van der Waals surface area contributed by atoms with Gasteiger partial charge in [0.05, 0.1) is 5.54 Å². The van der Waals surface area contributed by atoms with Crippen LogP contribution in [0.3, 0.4) is 0 Å². The first-order valence-corrected chi connectivity index (χ1v) is 6.98. The van der Waals surface area contributed by atoms with Crippen molar-refractivity contribution in [3.8, 4) is 0 Å². The maximum absolute atomic E-state index is 12.2. The van der Waals surface area contributed by atoms with Gasteiger partial charge in [0.2, 0.25) is 0 Å². The molecular formula is C15H23N3O2. The van der Waals surface area contributed by atoms with Crippen molar-refractivity contribution < 1.29 is 9.90 Å². The zero-order chi connectivity index (χ0) is 14.9. The molecule has 1 aliphatic carbocycles. The number of nitrogens with zero attached hydrogens (tertiary/aromatic N) is 2. The molecule has 1 aliphatic rings. The van der Waals surface area contributed by atoms with E-state index in [1.807, 2.05) is 29.8 Å². The zero-order valence-electron chi connectivity index (χ0n) is 12.6. The molecule has 0 bridgehead atoms. The van der Waals surface area contributed by atoms with Crippen LogP contribution in [0.4, 0.5) is 0 Å². The van der Waals surface area contributed by atoms with Gasteiger partial charge in [0.25, 0.3) is 5.91 Å². The second kappa shape index (κ2) is 5.40. The number of aryl methyl sites for hydroxylation is 1. The number of nitrogens with one attached hydrogen (secondary N) is 1. The van der Waals surface area contributed by atoms with Crippen molar-refractivity contribution in [1.82, 2.24) is 15.1 Å². The molecule has 0 unspecified atom stereocenters. The van der Waals surface area contributed by atoms with Crippen LogP contribution in [0, 0.1) is 12.8 Å². The summed E-state index contributed by atoms with van der Waals surface area (Å²) < 4.78 is 1.86. The third-order valence-electron chi connectivity index (χ3n) is 3.48. The molecule has 0 fully saturated rings. The van der Waals surface area contributed by atoms with Crippen LogP contribution < -0.4 is 5.32 Å². The van der Waals surface area contributed by atoms with Crippen LogP contribution in [-0.2, 0) is 5.54 Å². The van der Waals surface area contributed by atoms with Crippen LogP contribution in [0.1, 0.15) is 43.4 Å². The van der Waals surface area contributed by atoms with Gasteiger partial charge in [-0.3, -0.25) is 9.48 Å². The molecule has 20 heavy (non-hydrogen) atoms. The van der Waals surface area contributed by atoms with E-state index >= 15 is 0 Å². The van der Waals surface area contributed by atoms with E-state index in [-0.39, 0.29) is 30.0 Å². The summed E-state index contributed by atoms with van der Waals surface area (Å²) in [5, 5.41) is 16.4. The summed E-state index contributed by atoms with van der Waals surface area (Å²) in [7, 11) is 0. The van der Waals surface area contributed by atoms with Crippen LogP contribution in [0.5, 0.6) is 0 Å². The van der Waals surface area contributed by atoms with Crippen molar-refractivity contribution in [1.29, 1.82) is 0 Å². The molecule has 0 spiro atoms. The van der Waals surface area contributed by atoms with Crippen molar-refractivity contribution in [2.24, 2.45) is 5.92 Å². The Morgan fingerprint density at radius 1 is 1.50 bits per heavy atom. The molecule has 0 saturated heterocycles. The van der Waals surface area contributed by atoms with E-state index < -0.39 is 0 Å². The average Bonchev–Trinajstić information content (AvgIpc) is 2.94. The average molecular weight is 277 g/mol. The van der Waals surface area contributed by atoms with E-state index in [1.165, 1.54) is 0 Å². The summed E-state index contributed by atoms with van der Waals surface area (Å²) in [5.74, 6) is -0.0153. The maximum atomic E-state index is 12.2. The molecule has 0 aliphatic heterocycles. The predicted octanol–water partition coefficient (Wildman–Crippen LogP) is 1.61. The van der Waals surface area contributed by atoms with Crippen molar-refractivity contribution in [2.45, 2.75) is 45.7 Å². The molecule has 0 saturated carbocycles. The van der Waals surface area contributed by atoms with E-state index in [4.69, 9.17) is 5.11 Å². The quantitative estimate of drug-likeness (QED) is 0.825. The first kappa shape index (κ1) is 14.8. The molecule has 110 valence electrons. The predicted molar refractivity (Wildman–Crippen MR) is 77.5 cm³/mol. The van der Waals surface area contributed by atoms with Gasteiger partial charge in [-0.25, -0.2) is 0 Å². The van der Waals surface area contributed by atoms with Gasteiger partial charge < -0.3 is 10.4 Å². The first-order chi connectivity index (χ1) is 9.31. The summed E-state index contributed by atoms with van der Waals surface area (Å²) >= 11 is 0. The number of aromatic nitrogens is 2. The summed E-state index contributed by atoms with van der Waals surface area (Å²) in [6, 6.07) is 1.79. The number of amides is 1. The minimum Gasteiger partial charge on any atom is -0.396 e. The second-order valence-corrected chi connectivity index (χ2v) is 6.40. The van der Waals surface area contributed by atoms with Gasteiger partial charge in [-0.15, -0.1) is 0 Å². The lowest BCUT2D eigenvalue weighted by Gasteiger charge is -2.21. The van der Waals surface area contributed by atoms with E-state index in [9.17, 15) is 4.79 Å². The monoisotopic (exact) mass is 277 g/mol. The topological polar surface area (TPSA) is 67.2 Å². The third kappa shape index (κ3) is 3.10. The fourth-order valence-corrected chi connectivity index (χ4v) is 2.52. The summed E-state index contributed by atoms with van der Waals surface area (Å²) in [6.07, 6.45) is 4.64. The normalized spacial score (nSPS) is 22.2. The lowest BCUT2D eigenvalue weighted by atomic mass is 10.1. The molecule has 1 aromatic heterocycles. The Hall–Kier alpha value is -1.62. The van der Waals surface area contributed by atoms with Crippen molar-refractivity contribution in [3.63, 3.8) is 0 Å². The highest BCUT2D eigenvalue weighted by molar-refractivity contribution is 5.92. The highest BCUT2D eigenvalue weighted by Gasteiger charge is 2.23. The van der Waals surface area contributed by atoms with Gasteiger partial charge in [0.15, 0.2) is 0 Å². The Bertz CT molecular complexity index is 526. The van der Waals surface area contributed by atoms with Gasteiger partial charge >= 0.3 is 0 Å². The van der Waals surface area contributed by atoms with Crippen LogP contribution in [0.15, 0.2) is 18.2 Å². The fourth-order valence-electron chi connectivity index (χ4n) is 2.52. The van der Waals surface area contributed by atoms with Gasteiger partial charge in [-0.05, 0) is 40.2 Å². The largest absolute Gasteiger partial charge is 0.396 e. The van der Waals surface area contributed by atoms with E-state index in [1.54, 1.807) is 0 Å². The Morgan fingerprint density at radius 2 is 2.20 bits per heavy atom. The SMILES string of the molecule is Cc1cc(C(=O)N[C@@H]2C=C[C@H](CO)C2)nn1C(C)(C)C. The molecule has 5 heteroatoms. The van der Waals surface area contributed by atoms with Crippen LogP contribution in [0.25, 0.3) is 0 Å². The minimum absolute atomic E-state index is 0.0141. The van der Waals surface area contributed by atoms with Crippen LogP contribution in [0.2, 0.25) is 0 Å². The minimum atomic E-state index is -0.163. The molecule has 2 rings (SSSR count). The number of aliphatic hydroxyl groups excluding tert-OH is 1. The first-order valence-electron chi connectivity index (χ1n) is 6.98. The summed E-state index contributed by atoms with van der Waals surface area (Å²) in [5.41, 5.74) is 1.27. The van der Waals surface area contributed by atoms with Crippen molar-refractivity contribution >= 4 is 5.91 Å². The van der Waals surface area contributed by atoms with Crippen LogP contribution >= 0.6 is 0 Å². The number of hydrogen-bond donors (Lipinski definition) is 2. The number of carbonyl (C=O) groups is 1. The molecule has 2 N–H and O–H groups in total. The highest BCUT2D eigenvalue weighted by Crippen LogP contribution is 2.19. The number of aliphatic hydroxyl groups is 1. The van der Waals surface area contributed by atoms with Crippen molar-refractivity contribution in [3.05, 3.63) is 29.6 Å². The molecule has 1 amide bonds. The fraction of sp³-hybridized carbons (Fsp3) is 0.600.